The Kier molecular flexibility index (Phi) is 4.03. The third-order valence-electron chi connectivity index (χ3n) is 4.45. The van der Waals surface area contributed by atoms with Gasteiger partial charge in [0, 0.05) is 11.7 Å². The summed E-state index contributed by atoms with van der Waals surface area (Å²) in [6.07, 6.45) is 4.11. The molecule has 0 bridgehead atoms. The lowest BCUT2D eigenvalue weighted by Crippen LogP contribution is -2.49. The second kappa shape index (κ2) is 5.94. The van der Waals surface area contributed by atoms with Crippen LogP contribution in [0.5, 0.6) is 0 Å². The summed E-state index contributed by atoms with van der Waals surface area (Å²) in [5.74, 6) is 0.119. The third-order valence-corrected chi connectivity index (χ3v) is 4.45. The van der Waals surface area contributed by atoms with Gasteiger partial charge in [0.25, 0.3) is 0 Å². The van der Waals surface area contributed by atoms with Crippen molar-refractivity contribution in [1.29, 1.82) is 0 Å². The zero-order valence-corrected chi connectivity index (χ0v) is 12.1. The highest BCUT2D eigenvalue weighted by molar-refractivity contribution is 5.96. The van der Waals surface area contributed by atoms with Gasteiger partial charge in [0.2, 0.25) is 5.91 Å². The molecule has 0 spiro atoms. The predicted octanol–water partition coefficient (Wildman–Crippen LogP) is 1.62. The van der Waals surface area contributed by atoms with Crippen LogP contribution >= 0.6 is 0 Å². The lowest BCUT2D eigenvalue weighted by molar-refractivity contribution is -0.118. The van der Waals surface area contributed by atoms with Crippen molar-refractivity contribution in [2.45, 2.75) is 37.8 Å². The van der Waals surface area contributed by atoms with Crippen LogP contribution in [0.1, 0.15) is 24.8 Å². The Bertz CT molecular complexity index is 480. The standard InChI is InChI=1S/C16H23N3O/c1-19-10-8-13(9-11-19)17-15-7-6-12-4-2-3-5-14(12)18-16(15)20/h2-5,13,15,17H,6-11H2,1H3,(H,18,20). The number of likely N-dealkylation sites (tertiary alicyclic amines) is 1. The lowest BCUT2D eigenvalue weighted by atomic mass is 10.0. The third kappa shape index (κ3) is 3.02. The molecule has 2 aliphatic rings. The number of fused-ring (bicyclic) bond motifs is 1. The topological polar surface area (TPSA) is 44.4 Å². The van der Waals surface area contributed by atoms with Crippen LogP contribution in [0, 0.1) is 0 Å². The smallest absolute Gasteiger partial charge is 0.241 e. The number of nitrogens with one attached hydrogen (secondary N) is 2. The maximum Gasteiger partial charge on any atom is 0.241 e. The maximum atomic E-state index is 12.3. The van der Waals surface area contributed by atoms with Crippen LogP contribution in [0.4, 0.5) is 5.69 Å². The van der Waals surface area contributed by atoms with E-state index in [1.165, 1.54) is 5.56 Å². The molecule has 0 radical (unpaired) electrons. The van der Waals surface area contributed by atoms with Crippen molar-refractivity contribution in [2.24, 2.45) is 0 Å². The SMILES string of the molecule is CN1CCC(NC2CCc3ccccc3NC2=O)CC1. The van der Waals surface area contributed by atoms with Gasteiger partial charge < -0.3 is 15.5 Å². The molecule has 0 saturated carbocycles. The number of piperidine rings is 1. The number of benzene rings is 1. The monoisotopic (exact) mass is 273 g/mol. The fourth-order valence-corrected chi connectivity index (χ4v) is 3.13. The highest BCUT2D eigenvalue weighted by atomic mass is 16.2. The van der Waals surface area contributed by atoms with Gasteiger partial charge in [0.15, 0.2) is 0 Å². The molecule has 4 heteroatoms. The molecular formula is C16H23N3O. The summed E-state index contributed by atoms with van der Waals surface area (Å²) in [6.45, 7) is 2.23. The summed E-state index contributed by atoms with van der Waals surface area (Å²) in [5, 5.41) is 6.62. The van der Waals surface area contributed by atoms with E-state index >= 15 is 0 Å². The number of carbonyl (C=O) groups excluding carboxylic acids is 1. The van der Waals surface area contributed by atoms with Crippen molar-refractivity contribution in [1.82, 2.24) is 10.2 Å². The summed E-state index contributed by atoms with van der Waals surface area (Å²) in [7, 11) is 2.16. The summed E-state index contributed by atoms with van der Waals surface area (Å²) in [6, 6.07) is 8.53. The number of carbonyl (C=O) groups is 1. The summed E-state index contributed by atoms with van der Waals surface area (Å²) < 4.78 is 0. The van der Waals surface area contributed by atoms with E-state index in [1.54, 1.807) is 0 Å². The van der Waals surface area contributed by atoms with Gasteiger partial charge >= 0.3 is 0 Å². The highest BCUT2D eigenvalue weighted by Crippen LogP contribution is 2.22. The van der Waals surface area contributed by atoms with Gasteiger partial charge in [-0.3, -0.25) is 4.79 Å². The number of para-hydroxylation sites is 1. The fraction of sp³-hybridized carbons (Fsp3) is 0.562. The Balaban J connectivity index is 1.63. The molecule has 2 N–H and O–H groups in total. The molecule has 108 valence electrons. The van der Waals surface area contributed by atoms with Crippen LogP contribution in [0.2, 0.25) is 0 Å². The Hall–Kier alpha value is -1.39. The molecule has 1 unspecified atom stereocenters. The van der Waals surface area contributed by atoms with Gasteiger partial charge in [-0.15, -0.1) is 0 Å². The second-order valence-corrected chi connectivity index (χ2v) is 5.98. The largest absolute Gasteiger partial charge is 0.324 e. The minimum absolute atomic E-state index is 0.0594. The molecule has 1 aromatic rings. The number of rotatable bonds is 2. The Labute approximate surface area is 120 Å². The molecule has 3 rings (SSSR count). The van der Waals surface area contributed by atoms with Crippen molar-refractivity contribution in [3.63, 3.8) is 0 Å². The van der Waals surface area contributed by atoms with Crippen LogP contribution < -0.4 is 10.6 Å². The van der Waals surface area contributed by atoms with Crippen LogP contribution in [0.25, 0.3) is 0 Å². The number of anilines is 1. The number of nitrogens with zero attached hydrogens (tertiary/aromatic N) is 1. The van der Waals surface area contributed by atoms with Gasteiger partial charge in [-0.25, -0.2) is 0 Å². The first-order valence-corrected chi connectivity index (χ1v) is 7.56. The van der Waals surface area contributed by atoms with E-state index in [1.807, 2.05) is 18.2 Å². The zero-order valence-electron chi connectivity index (χ0n) is 12.1. The van der Waals surface area contributed by atoms with Crippen molar-refractivity contribution >= 4 is 11.6 Å². The maximum absolute atomic E-state index is 12.3. The van der Waals surface area contributed by atoms with E-state index in [4.69, 9.17) is 0 Å². The average molecular weight is 273 g/mol. The fourth-order valence-electron chi connectivity index (χ4n) is 3.13. The van der Waals surface area contributed by atoms with E-state index in [9.17, 15) is 4.79 Å². The first-order chi connectivity index (χ1) is 9.72. The number of hydrogen-bond donors (Lipinski definition) is 2. The molecule has 1 fully saturated rings. The first kappa shape index (κ1) is 13.6. The van der Waals surface area contributed by atoms with Crippen LogP contribution in [0.15, 0.2) is 24.3 Å². The number of amides is 1. The van der Waals surface area contributed by atoms with Crippen LogP contribution in [-0.2, 0) is 11.2 Å². The summed E-state index contributed by atoms with van der Waals surface area (Å²) in [5.41, 5.74) is 2.22. The van der Waals surface area contributed by atoms with Crippen molar-refractivity contribution in [2.75, 3.05) is 25.5 Å². The Morgan fingerprint density at radius 3 is 2.75 bits per heavy atom. The minimum atomic E-state index is -0.0594. The quantitative estimate of drug-likeness (QED) is 0.860. The van der Waals surface area contributed by atoms with Gasteiger partial charge in [-0.2, -0.15) is 0 Å². The molecule has 0 aliphatic carbocycles. The highest BCUT2D eigenvalue weighted by Gasteiger charge is 2.26. The van der Waals surface area contributed by atoms with E-state index in [-0.39, 0.29) is 11.9 Å². The van der Waals surface area contributed by atoms with Gasteiger partial charge in [-0.1, -0.05) is 18.2 Å². The van der Waals surface area contributed by atoms with Crippen molar-refractivity contribution < 1.29 is 4.79 Å². The summed E-state index contributed by atoms with van der Waals surface area (Å²) in [4.78, 5) is 14.7. The van der Waals surface area contributed by atoms with Crippen LogP contribution in [0.3, 0.4) is 0 Å². The van der Waals surface area contributed by atoms with E-state index in [2.05, 4.69) is 28.6 Å². The molecule has 2 aliphatic heterocycles. The molecule has 0 aromatic heterocycles. The molecule has 20 heavy (non-hydrogen) atoms. The first-order valence-electron chi connectivity index (χ1n) is 7.56. The molecule has 1 aromatic carbocycles. The normalized spacial score (nSPS) is 24.9. The molecule has 2 heterocycles. The number of aryl methyl sites for hydroxylation is 1. The molecule has 1 saturated heterocycles. The van der Waals surface area contributed by atoms with E-state index in [0.717, 1.165) is 44.5 Å². The van der Waals surface area contributed by atoms with Gasteiger partial charge in [0.1, 0.15) is 0 Å². The molecule has 4 nitrogen and oxygen atoms in total. The van der Waals surface area contributed by atoms with E-state index in [0.29, 0.717) is 6.04 Å². The zero-order chi connectivity index (χ0) is 13.9. The average Bonchev–Trinajstić information content (AvgIpc) is 2.61. The Morgan fingerprint density at radius 2 is 1.95 bits per heavy atom. The van der Waals surface area contributed by atoms with Gasteiger partial charge in [0.05, 0.1) is 6.04 Å². The summed E-state index contributed by atoms with van der Waals surface area (Å²) >= 11 is 0. The van der Waals surface area contributed by atoms with Gasteiger partial charge in [-0.05, 0) is 57.5 Å². The lowest BCUT2D eigenvalue weighted by Gasteiger charge is -2.31. The Morgan fingerprint density at radius 1 is 1.20 bits per heavy atom. The molecule has 1 amide bonds. The van der Waals surface area contributed by atoms with Crippen LogP contribution in [-0.4, -0.2) is 43.0 Å². The minimum Gasteiger partial charge on any atom is -0.324 e. The number of hydrogen-bond acceptors (Lipinski definition) is 3. The molecular weight excluding hydrogens is 250 g/mol. The van der Waals surface area contributed by atoms with E-state index < -0.39 is 0 Å². The van der Waals surface area contributed by atoms with Crippen molar-refractivity contribution in [3.05, 3.63) is 29.8 Å². The second-order valence-electron chi connectivity index (χ2n) is 5.98. The van der Waals surface area contributed by atoms with Crippen molar-refractivity contribution in [3.8, 4) is 0 Å². The molecule has 1 atom stereocenters. The predicted molar refractivity (Wildman–Crippen MR) is 80.8 cm³/mol.